The van der Waals surface area contributed by atoms with Crippen molar-refractivity contribution < 1.29 is 22.2 Å². The summed E-state index contributed by atoms with van der Waals surface area (Å²) in [5.41, 5.74) is -0.146. The molecule has 1 aliphatic rings. The molecule has 2 atom stereocenters. The standard InChI is InChI=1S/C13H15F3N2O2S/c1-21(20)7-6-18-11(19)8-17-12(18)9-2-4-10(5-3-9)13(14,15)16/h2-5,12,17H,6-8H2,1H3. The Morgan fingerprint density at radius 2 is 1.95 bits per heavy atom. The fourth-order valence-corrected chi connectivity index (χ4v) is 2.63. The minimum atomic E-state index is -4.38. The summed E-state index contributed by atoms with van der Waals surface area (Å²) in [5.74, 6) is 0.190. The van der Waals surface area contributed by atoms with E-state index in [0.717, 1.165) is 12.1 Å². The van der Waals surface area contributed by atoms with E-state index < -0.39 is 28.7 Å². The fraction of sp³-hybridized carbons (Fsp3) is 0.462. The van der Waals surface area contributed by atoms with Gasteiger partial charge in [-0.2, -0.15) is 13.2 Å². The van der Waals surface area contributed by atoms with Crippen molar-refractivity contribution in [3.8, 4) is 0 Å². The minimum Gasteiger partial charge on any atom is -0.321 e. The van der Waals surface area contributed by atoms with Gasteiger partial charge >= 0.3 is 6.18 Å². The van der Waals surface area contributed by atoms with Crippen LogP contribution in [-0.4, -0.2) is 40.1 Å². The van der Waals surface area contributed by atoms with Gasteiger partial charge < -0.3 is 4.90 Å². The maximum atomic E-state index is 12.5. The lowest BCUT2D eigenvalue weighted by Crippen LogP contribution is -2.33. The van der Waals surface area contributed by atoms with Crippen LogP contribution in [0.4, 0.5) is 13.2 Å². The van der Waals surface area contributed by atoms with Crippen LogP contribution in [0.1, 0.15) is 17.3 Å². The summed E-state index contributed by atoms with van der Waals surface area (Å²) in [6.07, 6.45) is -3.31. The van der Waals surface area contributed by atoms with E-state index >= 15 is 0 Å². The highest BCUT2D eigenvalue weighted by Crippen LogP contribution is 2.31. The molecule has 0 saturated carbocycles. The number of hydrogen-bond donors (Lipinski definition) is 1. The van der Waals surface area contributed by atoms with Crippen LogP contribution >= 0.6 is 0 Å². The van der Waals surface area contributed by atoms with Gasteiger partial charge in [0.25, 0.3) is 0 Å². The number of nitrogens with one attached hydrogen (secondary N) is 1. The SMILES string of the molecule is CS(=O)CCN1C(=O)CNC1c1ccc(C(F)(F)F)cc1. The van der Waals surface area contributed by atoms with Gasteiger partial charge in [-0.05, 0) is 17.7 Å². The molecule has 1 saturated heterocycles. The lowest BCUT2D eigenvalue weighted by molar-refractivity contribution is -0.137. The maximum absolute atomic E-state index is 12.5. The molecule has 0 spiro atoms. The van der Waals surface area contributed by atoms with Gasteiger partial charge in [0.2, 0.25) is 5.91 Å². The molecule has 0 radical (unpaired) electrons. The predicted octanol–water partition coefficient (Wildman–Crippen LogP) is 1.51. The highest BCUT2D eigenvalue weighted by molar-refractivity contribution is 7.84. The van der Waals surface area contributed by atoms with Gasteiger partial charge in [0.1, 0.15) is 6.17 Å². The van der Waals surface area contributed by atoms with Crippen LogP contribution < -0.4 is 5.32 Å². The molecule has 1 aromatic carbocycles. The Labute approximate surface area is 122 Å². The number of benzene rings is 1. The summed E-state index contributed by atoms with van der Waals surface area (Å²) in [7, 11) is -1.03. The van der Waals surface area contributed by atoms with Crippen molar-refractivity contribution in [1.82, 2.24) is 10.2 Å². The van der Waals surface area contributed by atoms with Crippen LogP contribution in [0.15, 0.2) is 24.3 Å². The molecule has 1 fully saturated rings. The maximum Gasteiger partial charge on any atom is 0.416 e. The summed E-state index contributed by atoms with van der Waals surface area (Å²) >= 11 is 0. The number of carbonyl (C=O) groups is 1. The number of rotatable bonds is 4. The van der Waals surface area contributed by atoms with E-state index in [1.165, 1.54) is 17.0 Å². The Kier molecular flexibility index (Phi) is 4.67. The van der Waals surface area contributed by atoms with Gasteiger partial charge in [-0.15, -0.1) is 0 Å². The number of alkyl halides is 3. The van der Waals surface area contributed by atoms with Crippen LogP contribution in [0.3, 0.4) is 0 Å². The van der Waals surface area contributed by atoms with E-state index in [0.29, 0.717) is 17.9 Å². The first-order valence-corrected chi connectivity index (χ1v) is 8.02. The molecule has 1 amide bonds. The van der Waals surface area contributed by atoms with E-state index in [9.17, 15) is 22.2 Å². The van der Waals surface area contributed by atoms with Crippen molar-refractivity contribution in [2.45, 2.75) is 12.3 Å². The van der Waals surface area contributed by atoms with Crippen LogP contribution in [-0.2, 0) is 21.8 Å². The summed E-state index contributed by atoms with van der Waals surface area (Å²) in [5, 5.41) is 2.95. The number of amides is 1. The second kappa shape index (κ2) is 6.15. The fourth-order valence-electron chi connectivity index (χ4n) is 2.17. The van der Waals surface area contributed by atoms with Gasteiger partial charge in [-0.3, -0.25) is 14.3 Å². The predicted molar refractivity (Wildman–Crippen MR) is 72.8 cm³/mol. The monoisotopic (exact) mass is 320 g/mol. The lowest BCUT2D eigenvalue weighted by Gasteiger charge is -2.24. The van der Waals surface area contributed by atoms with Crippen LogP contribution in [0.2, 0.25) is 0 Å². The van der Waals surface area contributed by atoms with Crippen molar-refractivity contribution >= 4 is 16.7 Å². The van der Waals surface area contributed by atoms with E-state index in [1.807, 2.05) is 0 Å². The lowest BCUT2D eigenvalue weighted by atomic mass is 10.1. The highest BCUT2D eigenvalue weighted by atomic mass is 32.2. The van der Waals surface area contributed by atoms with Crippen LogP contribution in [0.5, 0.6) is 0 Å². The molecule has 116 valence electrons. The average Bonchev–Trinajstić information content (AvgIpc) is 2.77. The number of hydrogen-bond acceptors (Lipinski definition) is 3. The highest BCUT2D eigenvalue weighted by Gasteiger charge is 2.33. The number of carbonyl (C=O) groups excluding carboxylic acids is 1. The van der Waals surface area contributed by atoms with Gasteiger partial charge in [-0.25, -0.2) is 0 Å². The van der Waals surface area contributed by atoms with Crippen molar-refractivity contribution in [3.63, 3.8) is 0 Å². The zero-order chi connectivity index (χ0) is 15.6. The van der Waals surface area contributed by atoms with E-state index in [1.54, 1.807) is 6.26 Å². The average molecular weight is 320 g/mol. The van der Waals surface area contributed by atoms with Gasteiger partial charge in [0.15, 0.2) is 0 Å². The number of nitrogens with zero attached hydrogens (tertiary/aromatic N) is 1. The molecule has 2 rings (SSSR count). The van der Waals surface area contributed by atoms with Crippen molar-refractivity contribution in [2.75, 3.05) is 25.1 Å². The van der Waals surface area contributed by atoms with Gasteiger partial charge in [0.05, 0.1) is 12.1 Å². The molecule has 1 aromatic rings. The smallest absolute Gasteiger partial charge is 0.321 e. The summed E-state index contributed by atoms with van der Waals surface area (Å²) < 4.78 is 48.7. The third kappa shape index (κ3) is 3.82. The molecule has 1 heterocycles. The van der Waals surface area contributed by atoms with Crippen LogP contribution in [0.25, 0.3) is 0 Å². The zero-order valence-electron chi connectivity index (χ0n) is 11.3. The largest absolute Gasteiger partial charge is 0.416 e. The number of halogens is 3. The molecule has 0 bridgehead atoms. The Hall–Kier alpha value is -1.41. The molecule has 21 heavy (non-hydrogen) atoms. The molecule has 0 aliphatic carbocycles. The third-order valence-electron chi connectivity index (χ3n) is 3.25. The second-order valence-electron chi connectivity index (χ2n) is 4.77. The summed E-state index contributed by atoms with van der Waals surface area (Å²) in [4.78, 5) is 13.3. The molecule has 0 aromatic heterocycles. The zero-order valence-corrected chi connectivity index (χ0v) is 12.1. The third-order valence-corrected chi connectivity index (χ3v) is 4.01. The minimum absolute atomic E-state index is 0.127. The van der Waals surface area contributed by atoms with Crippen LogP contribution in [0, 0.1) is 0 Å². The van der Waals surface area contributed by atoms with Crippen molar-refractivity contribution in [1.29, 1.82) is 0 Å². The van der Waals surface area contributed by atoms with Gasteiger partial charge in [0, 0.05) is 29.4 Å². The molecular weight excluding hydrogens is 305 g/mol. The van der Waals surface area contributed by atoms with Gasteiger partial charge in [-0.1, -0.05) is 12.1 Å². The molecule has 1 N–H and O–H groups in total. The Morgan fingerprint density at radius 3 is 2.48 bits per heavy atom. The van der Waals surface area contributed by atoms with E-state index in [2.05, 4.69) is 5.32 Å². The molecule has 4 nitrogen and oxygen atoms in total. The molecular formula is C13H15F3N2O2S. The quantitative estimate of drug-likeness (QED) is 0.915. The Balaban J connectivity index is 2.16. The Bertz CT molecular complexity index is 545. The molecule has 8 heteroatoms. The molecule has 2 unspecified atom stereocenters. The van der Waals surface area contributed by atoms with E-state index in [4.69, 9.17) is 0 Å². The topological polar surface area (TPSA) is 49.4 Å². The molecule has 1 aliphatic heterocycles. The first kappa shape index (κ1) is 16.0. The van der Waals surface area contributed by atoms with E-state index in [-0.39, 0.29) is 12.5 Å². The first-order chi connectivity index (χ1) is 9.79. The summed E-state index contributed by atoms with van der Waals surface area (Å²) in [6, 6.07) is 4.70. The van der Waals surface area contributed by atoms with Crippen molar-refractivity contribution in [2.24, 2.45) is 0 Å². The second-order valence-corrected chi connectivity index (χ2v) is 6.32. The first-order valence-electron chi connectivity index (χ1n) is 6.29. The van der Waals surface area contributed by atoms with Crippen molar-refractivity contribution in [3.05, 3.63) is 35.4 Å². The Morgan fingerprint density at radius 1 is 1.33 bits per heavy atom. The normalized spacial score (nSPS) is 20.9. The summed E-state index contributed by atoms with van der Waals surface area (Å²) in [6.45, 7) is 0.433.